The number of carboxylic acid groups (broad SMARTS) is 1. The Kier molecular flexibility index (Phi) is 4.80. The quantitative estimate of drug-likeness (QED) is 0.885. The molecule has 1 N–H and O–H groups in total. The molecule has 6 heteroatoms. The van der Waals surface area contributed by atoms with E-state index in [1.54, 1.807) is 19.6 Å². The molecular formula is C15H17NO4S. The largest absolute Gasteiger partial charge is 0.493 e. The lowest BCUT2D eigenvalue weighted by Crippen LogP contribution is -2.03. The van der Waals surface area contributed by atoms with Crippen LogP contribution < -0.4 is 9.47 Å². The van der Waals surface area contributed by atoms with Gasteiger partial charge in [-0.05, 0) is 24.1 Å². The highest BCUT2D eigenvalue weighted by Crippen LogP contribution is 2.35. The van der Waals surface area contributed by atoms with Gasteiger partial charge in [-0.25, -0.2) is 9.78 Å². The van der Waals surface area contributed by atoms with Crippen LogP contribution in [0.15, 0.2) is 23.6 Å². The number of aromatic carboxylic acids is 1. The van der Waals surface area contributed by atoms with Crippen molar-refractivity contribution in [3.8, 4) is 11.5 Å². The number of methoxy groups -OCH3 is 2. The molecule has 0 bridgehead atoms. The van der Waals surface area contributed by atoms with Crippen LogP contribution in [0.2, 0.25) is 0 Å². The molecule has 112 valence electrons. The fourth-order valence-corrected chi connectivity index (χ4v) is 3.17. The average molecular weight is 307 g/mol. The zero-order valence-corrected chi connectivity index (χ0v) is 12.9. The molecule has 0 amide bonds. The fraction of sp³-hybridized carbons (Fsp3) is 0.333. The number of carbonyl (C=O) groups is 1. The Bertz CT molecular complexity index is 638. The summed E-state index contributed by atoms with van der Waals surface area (Å²) in [4.78, 5) is 15.2. The van der Waals surface area contributed by atoms with Crippen LogP contribution in [0.1, 0.15) is 40.3 Å². The second kappa shape index (κ2) is 6.58. The first-order chi connectivity index (χ1) is 10.1. The second-order valence-electron chi connectivity index (χ2n) is 4.45. The molecule has 1 heterocycles. The van der Waals surface area contributed by atoms with E-state index in [2.05, 4.69) is 4.98 Å². The van der Waals surface area contributed by atoms with E-state index >= 15 is 0 Å². The van der Waals surface area contributed by atoms with Crippen molar-refractivity contribution >= 4 is 17.3 Å². The third kappa shape index (κ3) is 3.16. The first-order valence-corrected chi connectivity index (χ1v) is 7.39. The molecule has 5 nitrogen and oxygen atoms in total. The summed E-state index contributed by atoms with van der Waals surface area (Å²) >= 11 is 1.36. The number of benzene rings is 1. The highest BCUT2D eigenvalue weighted by atomic mass is 32.1. The van der Waals surface area contributed by atoms with Crippen molar-refractivity contribution in [2.45, 2.75) is 19.3 Å². The van der Waals surface area contributed by atoms with Crippen LogP contribution in [0.25, 0.3) is 0 Å². The van der Waals surface area contributed by atoms with E-state index in [0.717, 1.165) is 17.0 Å². The van der Waals surface area contributed by atoms with Gasteiger partial charge in [0.1, 0.15) is 5.01 Å². The van der Waals surface area contributed by atoms with Crippen molar-refractivity contribution in [3.63, 3.8) is 0 Å². The number of thiazole rings is 1. The number of ether oxygens (including phenoxy) is 2. The summed E-state index contributed by atoms with van der Waals surface area (Å²) in [6.45, 7) is 2.04. The summed E-state index contributed by atoms with van der Waals surface area (Å²) in [5.41, 5.74) is 1.12. The number of carboxylic acids is 1. The van der Waals surface area contributed by atoms with Crippen molar-refractivity contribution in [2.75, 3.05) is 14.2 Å². The first kappa shape index (κ1) is 15.3. The molecule has 0 saturated heterocycles. The average Bonchev–Trinajstić information content (AvgIpc) is 2.97. The van der Waals surface area contributed by atoms with E-state index in [0.29, 0.717) is 11.5 Å². The molecule has 0 radical (unpaired) electrons. The number of aromatic nitrogens is 1. The highest BCUT2D eigenvalue weighted by molar-refractivity contribution is 7.10. The Morgan fingerprint density at radius 3 is 2.57 bits per heavy atom. The second-order valence-corrected chi connectivity index (χ2v) is 5.34. The van der Waals surface area contributed by atoms with Crippen LogP contribution in [0.4, 0.5) is 0 Å². The van der Waals surface area contributed by atoms with Crippen LogP contribution >= 0.6 is 11.3 Å². The van der Waals surface area contributed by atoms with Gasteiger partial charge in [-0.3, -0.25) is 0 Å². The first-order valence-electron chi connectivity index (χ1n) is 6.51. The van der Waals surface area contributed by atoms with Crippen LogP contribution in [-0.2, 0) is 0 Å². The summed E-state index contributed by atoms with van der Waals surface area (Å²) in [6, 6.07) is 5.72. The zero-order chi connectivity index (χ0) is 15.4. The third-order valence-corrected chi connectivity index (χ3v) is 4.22. The van der Waals surface area contributed by atoms with Crippen molar-refractivity contribution in [1.29, 1.82) is 0 Å². The molecule has 21 heavy (non-hydrogen) atoms. The summed E-state index contributed by atoms with van der Waals surface area (Å²) < 4.78 is 10.5. The predicted molar refractivity (Wildman–Crippen MR) is 80.8 cm³/mol. The maximum absolute atomic E-state index is 11.0. The van der Waals surface area contributed by atoms with Gasteiger partial charge in [-0.2, -0.15) is 0 Å². The SMILES string of the molecule is CCC(c1ccc(OC)c(OC)c1)c1nc(C(=O)O)cs1. The Morgan fingerprint density at radius 1 is 1.33 bits per heavy atom. The Morgan fingerprint density at radius 2 is 2.05 bits per heavy atom. The van der Waals surface area contributed by atoms with Crippen molar-refractivity contribution in [1.82, 2.24) is 4.98 Å². The Hall–Kier alpha value is -2.08. The van der Waals surface area contributed by atoms with Crippen molar-refractivity contribution < 1.29 is 19.4 Å². The lowest BCUT2D eigenvalue weighted by atomic mass is 9.96. The van der Waals surface area contributed by atoms with Gasteiger partial charge in [0.2, 0.25) is 0 Å². The molecule has 1 aromatic heterocycles. The third-order valence-electron chi connectivity index (χ3n) is 3.26. The maximum atomic E-state index is 11.0. The minimum absolute atomic E-state index is 0.0444. The number of hydrogen-bond donors (Lipinski definition) is 1. The minimum Gasteiger partial charge on any atom is -0.493 e. The number of hydrogen-bond acceptors (Lipinski definition) is 5. The van der Waals surface area contributed by atoms with E-state index in [9.17, 15) is 4.79 Å². The van der Waals surface area contributed by atoms with Gasteiger partial charge in [0.25, 0.3) is 0 Å². The van der Waals surface area contributed by atoms with Crippen LogP contribution in [0, 0.1) is 0 Å². The topological polar surface area (TPSA) is 68.7 Å². The smallest absolute Gasteiger partial charge is 0.355 e. The lowest BCUT2D eigenvalue weighted by Gasteiger charge is -2.15. The van der Waals surface area contributed by atoms with Gasteiger partial charge >= 0.3 is 5.97 Å². The molecule has 2 rings (SSSR count). The van der Waals surface area contributed by atoms with Gasteiger partial charge in [-0.1, -0.05) is 13.0 Å². The van der Waals surface area contributed by atoms with E-state index in [-0.39, 0.29) is 11.6 Å². The summed E-state index contributed by atoms with van der Waals surface area (Å²) in [5, 5.41) is 11.3. The molecule has 0 saturated carbocycles. The maximum Gasteiger partial charge on any atom is 0.355 e. The number of nitrogens with zero attached hydrogens (tertiary/aromatic N) is 1. The fourth-order valence-electron chi connectivity index (χ4n) is 2.17. The Balaban J connectivity index is 2.38. The molecule has 0 fully saturated rings. The molecule has 0 aliphatic heterocycles. The predicted octanol–water partition coefficient (Wildman–Crippen LogP) is 3.40. The van der Waals surface area contributed by atoms with Crippen molar-refractivity contribution in [3.05, 3.63) is 39.8 Å². The normalized spacial score (nSPS) is 12.0. The molecule has 1 atom stereocenters. The van der Waals surface area contributed by atoms with Gasteiger partial charge in [0.15, 0.2) is 17.2 Å². The van der Waals surface area contributed by atoms with Gasteiger partial charge in [0.05, 0.1) is 14.2 Å². The minimum atomic E-state index is -1.00. The molecule has 0 aliphatic carbocycles. The summed E-state index contributed by atoms with van der Waals surface area (Å²) in [6.07, 6.45) is 0.821. The molecule has 2 aromatic rings. The van der Waals surface area contributed by atoms with Crippen LogP contribution in [0.5, 0.6) is 11.5 Å². The molecular weight excluding hydrogens is 290 g/mol. The standard InChI is InChI=1S/C15H17NO4S/c1-4-10(14-16-11(8-21-14)15(17)18)9-5-6-12(19-2)13(7-9)20-3/h5-8,10H,4H2,1-3H3,(H,17,18). The van der Waals surface area contributed by atoms with E-state index in [1.807, 2.05) is 25.1 Å². The van der Waals surface area contributed by atoms with E-state index in [4.69, 9.17) is 14.6 Å². The van der Waals surface area contributed by atoms with E-state index < -0.39 is 5.97 Å². The zero-order valence-electron chi connectivity index (χ0n) is 12.1. The van der Waals surface area contributed by atoms with Gasteiger partial charge < -0.3 is 14.6 Å². The van der Waals surface area contributed by atoms with Gasteiger partial charge in [-0.15, -0.1) is 11.3 Å². The van der Waals surface area contributed by atoms with Crippen LogP contribution in [0.3, 0.4) is 0 Å². The Labute approximate surface area is 127 Å². The van der Waals surface area contributed by atoms with Gasteiger partial charge in [0, 0.05) is 11.3 Å². The van der Waals surface area contributed by atoms with E-state index in [1.165, 1.54) is 11.3 Å². The molecule has 0 aliphatic rings. The lowest BCUT2D eigenvalue weighted by molar-refractivity contribution is 0.0691. The summed E-state index contributed by atoms with van der Waals surface area (Å²) in [5.74, 6) is 0.368. The number of rotatable bonds is 6. The highest BCUT2D eigenvalue weighted by Gasteiger charge is 2.19. The summed E-state index contributed by atoms with van der Waals surface area (Å²) in [7, 11) is 3.18. The van der Waals surface area contributed by atoms with Crippen molar-refractivity contribution in [2.24, 2.45) is 0 Å². The molecule has 1 unspecified atom stereocenters. The monoisotopic (exact) mass is 307 g/mol. The molecule has 0 spiro atoms. The van der Waals surface area contributed by atoms with Crippen LogP contribution in [-0.4, -0.2) is 30.3 Å². The molecule has 1 aromatic carbocycles.